The van der Waals surface area contributed by atoms with Crippen molar-refractivity contribution in [2.75, 3.05) is 18.6 Å². The number of hydrogen-bond donors (Lipinski definition) is 1. The van der Waals surface area contributed by atoms with Gasteiger partial charge in [0.2, 0.25) is 0 Å². The van der Waals surface area contributed by atoms with Gasteiger partial charge in [0.1, 0.15) is 0 Å². The van der Waals surface area contributed by atoms with Crippen LogP contribution in [0.5, 0.6) is 0 Å². The fraction of sp³-hybridized carbons (Fsp3) is 1.00. The van der Waals surface area contributed by atoms with Crippen molar-refractivity contribution < 1.29 is 0 Å². The van der Waals surface area contributed by atoms with E-state index in [4.69, 9.17) is 0 Å². The summed E-state index contributed by atoms with van der Waals surface area (Å²) in [6.07, 6.45) is 5.78. The van der Waals surface area contributed by atoms with Crippen LogP contribution >= 0.6 is 11.8 Å². The Morgan fingerprint density at radius 3 is 2.79 bits per heavy atom. The van der Waals surface area contributed by atoms with E-state index < -0.39 is 0 Å². The van der Waals surface area contributed by atoms with Gasteiger partial charge in [0.15, 0.2) is 0 Å². The van der Waals surface area contributed by atoms with Crippen LogP contribution in [-0.2, 0) is 0 Å². The van der Waals surface area contributed by atoms with Gasteiger partial charge >= 0.3 is 0 Å². The summed E-state index contributed by atoms with van der Waals surface area (Å²) >= 11 is 2.07. The molecular formula is C12H25NS. The van der Waals surface area contributed by atoms with Crippen LogP contribution in [-0.4, -0.2) is 24.6 Å². The van der Waals surface area contributed by atoms with Gasteiger partial charge in [0, 0.05) is 11.8 Å². The van der Waals surface area contributed by atoms with E-state index in [1.807, 2.05) is 0 Å². The smallest absolute Gasteiger partial charge is 0.0183 e. The minimum absolute atomic E-state index is 0.752. The molecule has 0 radical (unpaired) electrons. The molecule has 1 aliphatic carbocycles. The summed E-state index contributed by atoms with van der Waals surface area (Å²) in [5, 5.41) is 3.51. The first kappa shape index (κ1) is 12.4. The second-order valence-electron chi connectivity index (χ2n) is 4.59. The summed E-state index contributed by atoms with van der Waals surface area (Å²) in [6, 6.07) is 0.752. The molecule has 0 saturated heterocycles. The highest BCUT2D eigenvalue weighted by molar-refractivity contribution is 7.99. The van der Waals surface area contributed by atoms with Crippen molar-refractivity contribution in [3.8, 4) is 0 Å². The molecule has 0 amide bonds. The van der Waals surface area contributed by atoms with Crippen LogP contribution < -0.4 is 5.32 Å². The minimum atomic E-state index is 0.752. The highest BCUT2D eigenvalue weighted by atomic mass is 32.2. The van der Waals surface area contributed by atoms with E-state index in [-0.39, 0.29) is 0 Å². The minimum Gasteiger partial charge on any atom is -0.316 e. The maximum atomic E-state index is 3.51. The summed E-state index contributed by atoms with van der Waals surface area (Å²) in [4.78, 5) is 0. The van der Waals surface area contributed by atoms with Crippen LogP contribution in [0.3, 0.4) is 0 Å². The molecule has 84 valence electrons. The van der Waals surface area contributed by atoms with Crippen molar-refractivity contribution in [1.82, 2.24) is 5.32 Å². The van der Waals surface area contributed by atoms with E-state index >= 15 is 0 Å². The lowest BCUT2D eigenvalue weighted by Crippen LogP contribution is -2.38. The average molecular weight is 215 g/mol. The largest absolute Gasteiger partial charge is 0.316 e. The summed E-state index contributed by atoms with van der Waals surface area (Å²) in [5.41, 5.74) is 0. The van der Waals surface area contributed by atoms with Gasteiger partial charge in [-0.15, -0.1) is 0 Å². The number of rotatable bonds is 5. The van der Waals surface area contributed by atoms with Gasteiger partial charge < -0.3 is 5.32 Å². The van der Waals surface area contributed by atoms with Crippen LogP contribution in [0.2, 0.25) is 0 Å². The summed E-state index contributed by atoms with van der Waals surface area (Å²) < 4.78 is 0. The van der Waals surface area contributed by atoms with Crippen molar-refractivity contribution in [3.05, 3.63) is 0 Å². The van der Waals surface area contributed by atoms with Gasteiger partial charge in [-0.3, -0.25) is 0 Å². The first-order valence-corrected chi connectivity index (χ1v) is 7.18. The number of thioether (sulfide) groups is 1. The third-order valence-corrected chi connectivity index (χ3v) is 4.42. The van der Waals surface area contributed by atoms with Crippen molar-refractivity contribution >= 4 is 11.8 Å². The fourth-order valence-electron chi connectivity index (χ4n) is 2.55. The summed E-state index contributed by atoms with van der Waals surface area (Å²) in [5.74, 6) is 4.43. The van der Waals surface area contributed by atoms with E-state index in [1.54, 1.807) is 0 Å². The maximum Gasteiger partial charge on any atom is 0.0183 e. The molecule has 1 rings (SSSR count). The van der Waals surface area contributed by atoms with Crippen LogP contribution in [0.4, 0.5) is 0 Å². The zero-order valence-electron chi connectivity index (χ0n) is 9.88. The third kappa shape index (κ3) is 3.82. The Morgan fingerprint density at radius 2 is 2.21 bits per heavy atom. The molecule has 1 nitrogen and oxygen atoms in total. The molecule has 0 bridgehead atoms. The van der Waals surface area contributed by atoms with Gasteiger partial charge in [-0.25, -0.2) is 0 Å². The van der Waals surface area contributed by atoms with E-state index in [1.165, 1.54) is 37.2 Å². The van der Waals surface area contributed by atoms with E-state index in [2.05, 4.69) is 38.0 Å². The molecule has 0 heterocycles. The Bertz CT molecular complexity index is 149. The molecule has 2 heteroatoms. The molecule has 1 N–H and O–H groups in total. The molecule has 0 spiro atoms. The first-order chi connectivity index (χ1) is 6.77. The SMILES string of the molecule is CCSCC(NC)C1CCCC(C)C1. The van der Waals surface area contributed by atoms with Crippen LogP contribution in [0, 0.1) is 11.8 Å². The predicted octanol–water partition coefficient (Wildman–Crippen LogP) is 3.15. The maximum absolute atomic E-state index is 3.51. The molecular weight excluding hydrogens is 190 g/mol. The van der Waals surface area contributed by atoms with E-state index in [9.17, 15) is 0 Å². The average Bonchev–Trinajstić information content (AvgIpc) is 2.19. The lowest BCUT2D eigenvalue weighted by molar-refractivity contribution is 0.240. The van der Waals surface area contributed by atoms with Gasteiger partial charge in [0.25, 0.3) is 0 Å². The van der Waals surface area contributed by atoms with Crippen LogP contribution in [0.25, 0.3) is 0 Å². The lowest BCUT2D eigenvalue weighted by atomic mass is 9.79. The normalized spacial score (nSPS) is 30.2. The Morgan fingerprint density at radius 1 is 1.43 bits per heavy atom. The molecule has 0 aromatic rings. The summed E-state index contributed by atoms with van der Waals surface area (Å²) in [7, 11) is 2.13. The zero-order valence-corrected chi connectivity index (χ0v) is 10.7. The van der Waals surface area contributed by atoms with Gasteiger partial charge in [0.05, 0.1) is 0 Å². The molecule has 1 saturated carbocycles. The highest BCUT2D eigenvalue weighted by Gasteiger charge is 2.25. The zero-order chi connectivity index (χ0) is 10.4. The van der Waals surface area contributed by atoms with E-state index in [0.717, 1.165) is 17.9 Å². The van der Waals surface area contributed by atoms with Gasteiger partial charge in [-0.2, -0.15) is 11.8 Å². The lowest BCUT2D eigenvalue weighted by Gasteiger charge is -2.33. The van der Waals surface area contributed by atoms with Crippen LogP contribution in [0.15, 0.2) is 0 Å². The molecule has 14 heavy (non-hydrogen) atoms. The topological polar surface area (TPSA) is 12.0 Å². The summed E-state index contributed by atoms with van der Waals surface area (Å²) in [6.45, 7) is 4.66. The van der Waals surface area contributed by atoms with Gasteiger partial charge in [-0.05, 0) is 37.5 Å². The van der Waals surface area contributed by atoms with Crippen molar-refractivity contribution in [2.24, 2.45) is 11.8 Å². The fourth-order valence-corrected chi connectivity index (χ4v) is 3.47. The third-order valence-electron chi connectivity index (χ3n) is 3.42. The number of hydrogen-bond acceptors (Lipinski definition) is 2. The molecule has 1 aliphatic rings. The molecule has 1 fully saturated rings. The molecule has 3 atom stereocenters. The van der Waals surface area contributed by atoms with Crippen molar-refractivity contribution in [3.63, 3.8) is 0 Å². The standard InChI is InChI=1S/C12H25NS/c1-4-14-9-12(13-3)11-7-5-6-10(2)8-11/h10-13H,4-9H2,1-3H3. The Balaban J connectivity index is 2.34. The highest BCUT2D eigenvalue weighted by Crippen LogP contribution is 2.31. The Kier molecular flexibility index (Phi) is 5.95. The number of nitrogens with one attached hydrogen (secondary N) is 1. The predicted molar refractivity (Wildman–Crippen MR) is 67.0 cm³/mol. The Labute approximate surface area is 93.4 Å². The monoisotopic (exact) mass is 215 g/mol. The van der Waals surface area contributed by atoms with E-state index in [0.29, 0.717) is 0 Å². The van der Waals surface area contributed by atoms with Gasteiger partial charge in [-0.1, -0.05) is 26.7 Å². The quantitative estimate of drug-likeness (QED) is 0.756. The van der Waals surface area contributed by atoms with Crippen molar-refractivity contribution in [1.29, 1.82) is 0 Å². The molecule has 3 unspecified atom stereocenters. The molecule has 0 aromatic carbocycles. The Hall–Kier alpha value is 0.310. The first-order valence-electron chi connectivity index (χ1n) is 6.03. The van der Waals surface area contributed by atoms with Crippen molar-refractivity contribution in [2.45, 2.75) is 45.6 Å². The second kappa shape index (κ2) is 6.73. The van der Waals surface area contributed by atoms with Crippen LogP contribution in [0.1, 0.15) is 39.5 Å². The second-order valence-corrected chi connectivity index (χ2v) is 5.91. The molecule has 0 aliphatic heterocycles. The molecule has 0 aromatic heterocycles.